The second-order valence-electron chi connectivity index (χ2n) is 5.19. The molecule has 1 heteroatoms. The van der Waals surface area contributed by atoms with Gasteiger partial charge >= 0.3 is 0 Å². The summed E-state index contributed by atoms with van der Waals surface area (Å²) in [5.41, 5.74) is 6.76. The van der Waals surface area contributed by atoms with E-state index < -0.39 is 0 Å². The Bertz CT molecular complexity index is 557. The SMILES string of the molecule is CCNC(c1ccc(C)c(C)c1)c1ccccc1C. The highest BCUT2D eigenvalue weighted by Gasteiger charge is 2.15. The molecule has 0 heterocycles. The van der Waals surface area contributed by atoms with Crippen LogP contribution in [0.2, 0.25) is 0 Å². The Kier molecular flexibility index (Phi) is 4.39. The van der Waals surface area contributed by atoms with E-state index in [-0.39, 0.29) is 6.04 Å². The average Bonchev–Trinajstić information content (AvgIpc) is 2.40. The van der Waals surface area contributed by atoms with E-state index in [4.69, 9.17) is 0 Å². The molecule has 2 aromatic rings. The smallest absolute Gasteiger partial charge is 0.0579 e. The van der Waals surface area contributed by atoms with Crippen molar-refractivity contribution in [1.29, 1.82) is 0 Å². The summed E-state index contributed by atoms with van der Waals surface area (Å²) in [5.74, 6) is 0. The van der Waals surface area contributed by atoms with E-state index in [9.17, 15) is 0 Å². The summed E-state index contributed by atoms with van der Waals surface area (Å²) in [7, 11) is 0. The van der Waals surface area contributed by atoms with Crippen LogP contribution in [0, 0.1) is 20.8 Å². The van der Waals surface area contributed by atoms with Crippen LogP contribution in [0.4, 0.5) is 0 Å². The molecular formula is C18H23N. The Balaban J connectivity index is 2.45. The number of nitrogens with one attached hydrogen (secondary N) is 1. The highest BCUT2D eigenvalue weighted by atomic mass is 14.9. The predicted molar refractivity (Wildman–Crippen MR) is 82.6 cm³/mol. The Hall–Kier alpha value is -1.60. The molecule has 0 spiro atoms. The first-order valence-corrected chi connectivity index (χ1v) is 6.99. The molecule has 2 rings (SSSR count). The Morgan fingerprint density at radius 1 is 0.895 bits per heavy atom. The van der Waals surface area contributed by atoms with Gasteiger partial charge in [0, 0.05) is 0 Å². The zero-order valence-electron chi connectivity index (χ0n) is 12.3. The lowest BCUT2D eigenvalue weighted by molar-refractivity contribution is 0.627. The third-order valence-electron chi connectivity index (χ3n) is 3.77. The molecule has 0 amide bonds. The van der Waals surface area contributed by atoms with Crippen molar-refractivity contribution in [2.45, 2.75) is 33.7 Å². The van der Waals surface area contributed by atoms with Gasteiger partial charge in [-0.05, 0) is 55.1 Å². The molecule has 1 atom stereocenters. The minimum Gasteiger partial charge on any atom is -0.307 e. The molecule has 0 aliphatic heterocycles. The van der Waals surface area contributed by atoms with Gasteiger partial charge in [0.2, 0.25) is 0 Å². The van der Waals surface area contributed by atoms with E-state index in [0.717, 1.165) is 6.54 Å². The van der Waals surface area contributed by atoms with E-state index in [1.54, 1.807) is 0 Å². The molecule has 0 aromatic heterocycles. The van der Waals surface area contributed by atoms with E-state index in [2.05, 4.69) is 75.5 Å². The van der Waals surface area contributed by atoms with Gasteiger partial charge in [0.15, 0.2) is 0 Å². The largest absolute Gasteiger partial charge is 0.307 e. The van der Waals surface area contributed by atoms with Crippen LogP contribution in [0.25, 0.3) is 0 Å². The molecule has 0 saturated carbocycles. The molecule has 0 aliphatic rings. The van der Waals surface area contributed by atoms with Crippen LogP contribution in [0.3, 0.4) is 0 Å². The van der Waals surface area contributed by atoms with Gasteiger partial charge < -0.3 is 5.32 Å². The van der Waals surface area contributed by atoms with Crippen molar-refractivity contribution in [1.82, 2.24) is 5.32 Å². The van der Waals surface area contributed by atoms with Crippen molar-refractivity contribution in [3.8, 4) is 0 Å². The summed E-state index contributed by atoms with van der Waals surface area (Å²) in [5, 5.41) is 3.60. The highest BCUT2D eigenvalue weighted by Crippen LogP contribution is 2.26. The number of hydrogen-bond acceptors (Lipinski definition) is 1. The van der Waals surface area contributed by atoms with Crippen molar-refractivity contribution in [3.63, 3.8) is 0 Å². The van der Waals surface area contributed by atoms with Crippen LogP contribution in [-0.4, -0.2) is 6.54 Å². The maximum Gasteiger partial charge on any atom is 0.0579 e. The monoisotopic (exact) mass is 253 g/mol. The second kappa shape index (κ2) is 6.03. The molecule has 0 bridgehead atoms. The van der Waals surface area contributed by atoms with E-state index in [1.165, 1.54) is 27.8 Å². The van der Waals surface area contributed by atoms with Gasteiger partial charge in [0.05, 0.1) is 6.04 Å². The van der Waals surface area contributed by atoms with Gasteiger partial charge in [-0.1, -0.05) is 49.4 Å². The molecule has 2 aromatic carbocycles. The van der Waals surface area contributed by atoms with Crippen molar-refractivity contribution in [3.05, 3.63) is 70.3 Å². The molecule has 19 heavy (non-hydrogen) atoms. The molecular weight excluding hydrogens is 230 g/mol. The quantitative estimate of drug-likeness (QED) is 0.856. The number of hydrogen-bond donors (Lipinski definition) is 1. The zero-order chi connectivity index (χ0) is 13.8. The van der Waals surface area contributed by atoms with Crippen molar-refractivity contribution < 1.29 is 0 Å². The summed E-state index contributed by atoms with van der Waals surface area (Å²) in [6.45, 7) is 9.65. The summed E-state index contributed by atoms with van der Waals surface area (Å²) in [6.07, 6.45) is 0. The maximum atomic E-state index is 3.60. The van der Waals surface area contributed by atoms with Gasteiger partial charge in [-0.25, -0.2) is 0 Å². The third-order valence-corrected chi connectivity index (χ3v) is 3.77. The van der Waals surface area contributed by atoms with Gasteiger partial charge in [-0.2, -0.15) is 0 Å². The van der Waals surface area contributed by atoms with E-state index in [0.29, 0.717) is 0 Å². The first-order valence-electron chi connectivity index (χ1n) is 6.99. The first kappa shape index (κ1) is 13.8. The van der Waals surface area contributed by atoms with Crippen LogP contribution in [-0.2, 0) is 0 Å². The van der Waals surface area contributed by atoms with Gasteiger partial charge in [-0.3, -0.25) is 0 Å². The topological polar surface area (TPSA) is 12.0 Å². The van der Waals surface area contributed by atoms with Crippen molar-refractivity contribution >= 4 is 0 Å². The number of rotatable bonds is 4. The van der Waals surface area contributed by atoms with Crippen LogP contribution in [0.5, 0.6) is 0 Å². The summed E-state index contributed by atoms with van der Waals surface area (Å²) >= 11 is 0. The van der Waals surface area contributed by atoms with Crippen LogP contribution in [0.15, 0.2) is 42.5 Å². The van der Waals surface area contributed by atoms with Crippen LogP contribution < -0.4 is 5.32 Å². The zero-order valence-corrected chi connectivity index (χ0v) is 12.3. The number of aryl methyl sites for hydroxylation is 3. The van der Waals surface area contributed by atoms with Crippen molar-refractivity contribution in [2.24, 2.45) is 0 Å². The summed E-state index contributed by atoms with van der Waals surface area (Å²) in [4.78, 5) is 0. The fourth-order valence-corrected chi connectivity index (χ4v) is 2.47. The summed E-state index contributed by atoms with van der Waals surface area (Å²) < 4.78 is 0. The van der Waals surface area contributed by atoms with Crippen molar-refractivity contribution in [2.75, 3.05) is 6.54 Å². The molecule has 0 fully saturated rings. The standard InChI is InChI=1S/C18H23N/c1-5-19-18(17-9-7-6-8-14(17)3)16-11-10-13(2)15(4)12-16/h6-12,18-19H,5H2,1-4H3. The Morgan fingerprint density at radius 2 is 1.63 bits per heavy atom. The normalized spacial score (nSPS) is 12.4. The highest BCUT2D eigenvalue weighted by molar-refractivity contribution is 5.40. The molecule has 0 saturated heterocycles. The average molecular weight is 253 g/mol. The lowest BCUT2D eigenvalue weighted by atomic mass is 9.93. The minimum atomic E-state index is 0.283. The molecule has 1 nitrogen and oxygen atoms in total. The predicted octanol–water partition coefficient (Wildman–Crippen LogP) is 4.31. The van der Waals surface area contributed by atoms with E-state index >= 15 is 0 Å². The van der Waals surface area contributed by atoms with Gasteiger partial charge in [-0.15, -0.1) is 0 Å². The number of benzene rings is 2. The Morgan fingerprint density at radius 3 is 2.26 bits per heavy atom. The lowest BCUT2D eigenvalue weighted by Gasteiger charge is -2.21. The maximum absolute atomic E-state index is 3.60. The fourth-order valence-electron chi connectivity index (χ4n) is 2.47. The summed E-state index contributed by atoms with van der Waals surface area (Å²) in [6, 6.07) is 15.7. The Labute approximate surface area is 116 Å². The first-order chi connectivity index (χ1) is 9.13. The van der Waals surface area contributed by atoms with Gasteiger partial charge in [0.1, 0.15) is 0 Å². The van der Waals surface area contributed by atoms with Crippen LogP contribution in [0.1, 0.15) is 40.8 Å². The van der Waals surface area contributed by atoms with Gasteiger partial charge in [0.25, 0.3) is 0 Å². The van der Waals surface area contributed by atoms with Crippen LogP contribution >= 0.6 is 0 Å². The van der Waals surface area contributed by atoms with E-state index in [1.807, 2.05) is 0 Å². The molecule has 0 radical (unpaired) electrons. The third kappa shape index (κ3) is 3.05. The second-order valence-corrected chi connectivity index (χ2v) is 5.19. The lowest BCUT2D eigenvalue weighted by Crippen LogP contribution is -2.22. The molecule has 100 valence electrons. The fraction of sp³-hybridized carbons (Fsp3) is 0.333. The minimum absolute atomic E-state index is 0.283. The molecule has 1 N–H and O–H groups in total. The molecule has 1 unspecified atom stereocenters. The molecule has 0 aliphatic carbocycles.